The summed E-state index contributed by atoms with van der Waals surface area (Å²) >= 11 is 0. The summed E-state index contributed by atoms with van der Waals surface area (Å²) in [7, 11) is 0. The molecule has 0 saturated heterocycles. The third kappa shape index (κ3) is 3.12. The Bertz CT molecular complexity index is 1150. The molecular formula is C24H23FN4. The number of hydrogen-bond acceptors (Lipinski definition) is 3. The average molecular weight is 386 g/mol. The van der Waals surface area contributed by atoms with E-state index in [1.807, 2.05) is 13.0 Å². The molecule has 0 radical (unpaired) electrons. The van der Waals surface area contributed by atoms with Crippen LogP contribution in [0.5, 0.6) is 0 Å². The molecule has 4 nitrogen and oxygen atoms in total. The zero-order valence-electron chi connectivity index (χ0n) is 16.5. The van der Waals surface area contributed by atoms with Crippen molar-refractivity contribution >= 4 is 17.5 Å². The van der Waals surface area contributed by atoms with Gasteiger partial charge in [0.25, 0.3) is 0 Å². The van der Waals surface area contributed by atoms with Crippen molar-refractivity contribution in [2.24, 2.45) is 0 Å². The lowest BCUT2D eigenvalue weighted by Gasteiger charge is -2.37. The highest BCUT2D eigenvalue weighted by Gasteiger charge is 2.28. The molecular weight excluding hydrogens is 363 g/mol. The number of nitrogens with zero attached hydrogens (tertiary/aromatic N) is 2. The van der Waals surface area contributed by atoms with Crippen LogP contribution in [0.3, 0.4) is 0 Å². The van der Waals surface area contributed by atoms with Gasteiger partial charge in [-0.3, -0.25) is 0 Å². The van der Waals surface area contributed by atoms with Gasteiger partial charge in [0.1, 0.15) is 11.6 Å². The van der Waals surface area contributed by atoms with E-state index in [0.29, 0.717) is 5.95 Å². The Balaban J connectivity index is 1.55. The highest BCUT2D eigenvalue weighted by atomic mass is 19.1. The van der Waals surface area contributed by atoms with Crippen molar-refractivity contribution in [2.45, 2.75) is 26.3 Å². The van der Waals surface area contributed by atoms with Crippen molar-refractivity contribution < 1.29 is 4.39 Å². The van der Waals surface area contributed by atoms with Crippen LogP contribution in [0.25, 0.3) is 11.3 Å². The van der Waals surface area contributed by atoms with Crippen LogP contribution in [0.4, 0.5) is 21.8 Å². The molecule has 146 valence electrons. The van der Waals surface area contributed by atoms with Crippen LogP contribution < -0.4 is 10.2 Å². The van der Waals surface area contributed by atoms with E-state index in [0.717, 1.165) is 41.3 Å². The second-order valence-corrected chi connectivity index (χ2v) is 7.66. The van der Waals surface area contributed by atoms with Crippen LogP contribution in [-0.2, 0) is 6.42 Å². The number of anilines is 3. The number of halogens is 1. The minimum Gasteiger partial charge on any atom is -0.349 e. The lowest BCUT2D eigenvalue weighted by molar-refractivity contribution is 0.617. The van der Waals surface area contributed by atoms with E-state index in [-0.39, 0.29) is 11.9 Å². The molecule has 0 amide bonds. The van der Waals surface area contributed by atoms with Crippen LogP contribution in [0.1, 0.15) is 29.7 Å². The summed E-state index contributed by atoms with van der Waals surface area (Å²) in [6.07, 6.45) is 1.00. The monoisotopic (exact) mass is 386 g/mol. The highest BCUT2D eigenvalue weighted by molar-refractivity contribution is 5.78. The molecule has 5 heteroatoms. The number of H-pyrrole nitrogens is 1. The van der Waals surface area contributed by atoms with Crippen molar-refractivity contribution in [3.05, 3.63) is 83.2 Å². The van der Waals surface area contributed by atoms with Crippen LogP contribution in [0.15, 0.2) is 60.7 Å². The van der Waals surface area contributed by atoms with Crippen LogP contribution in [-0.4, -0.2) is 16.5 Å². The summed E-state index contributed by atoms with van der Waals surface area (Å²) in [4.78, 5) is 10.7. The van der Waals surface area contributed by atoms with Crippen molar-refractivity contribution in [3.8, 4) is 11.3 Å². The maximum Gasteiger partial charge on any atom is 0.207 e. The summed E-state index contributed by atoms with van der Waals surface area (Å²) in [5.41, 5.74) is 6.59. The summed E-state index contributed by atoms with van der Waals surface area (Å²) in [5.74, 6) is 1.38. The Morgan fingerprint density at radius 2 is 1.97 bits per heavy atom. The normalized spacial score (nSPS) is 16.1. The van der Waals surface area contributed by atoms with Gasteiger partial charge in [0.2, 0.25) is 5.95 Å². The molecule has 29 heavy (non-hydrogen) atoms. The fourth-order valence-corrected chi connectivity index (χ4v) is 4.28. The largest absolute Gasteiger partial charge is 0.349 e. The minimum absolute atomic E-state index is 0.238. The molecule has 5 rings (SSSR count). The van der Waals surface area contributed by atoms with Gasteiger partial charge in [-0.15, -0.1) is 0 Å². The summed E-state index contributed by atoms with van der Waals surface area (Å²) in [6, 6.07) is 19.8. The SMILES string of the molecule is Cc1cc(F)ccc1Nc1nc(N2CCc3ccccc3C2C)c2cccc-2[nH]1. The lowest BCUT2D eigenvalue weighted by Crippen LogP contribution is -2.35. The quantitative estimate of drug-likeness (QED) is 0.466. The molecule has 2 aromatic carbocycles. The van der Waals surface area contributed by atoms with E-state index in [1.165, 1.54) is 23.3 Å². The van der Waals surface area contributed by atoms with Crippen molar-refractivity contribution in [1.29, 1.82) is 0 Å². The smallest absolute Gasteiger partial charge is 0.207 e. The first-order chi connectivity index (χ1) is 14.1. The van der Waals surface area contributed by atoms with Crippen molar-refractivity contribution in [3.63, 3.8) is 0 Å². The number of fused-ring (bicyclic) bond motifs is 2. The maximum absolute atomic E-state index is 13.5. The molecule has 2 N–H and O–H groups in total. The summed E-state index contributed by atoms with van der Waals surface area (Å²) in [6.45, 7) is 5.05. The second kappa shape index (κ2) is 6.92. The van der Waals surface area contributed by atoms with E-state index >= 15 is 0 Å². The van der Waals surface area contributed by atoms with Crippen molar-refractivity contribution in [1.82, 2.24) is 9.97 Å². The van der Waals surface area contributed by atoms with Gasteiger partial charge in [-0.25, -0.2) is 4.39 Å². The van der Waals surface area contributed by atoms with Crippen LogP contribution >= 0.6 is 0 Å². The topological polar surface area (TPSA) is 44.0 Å². The van der Waals surface area contributed by atoms with Gasteiger partial charge in [0.05, 0.1) is 11.7 Å². The number of benzene rings is 2. The third-order valence-electron chi connectivity index (χ3n) is 5.84. The van der Waals surface area contributed by atoms with E-state index in [1.54, 1.807) is 6.07 Å². The molecule has 1 atom stereocenters. The highest BCUT2D eigenvalue weighted by Crippen LogP contribution is 2.39. The fraction of sp³-hybridized carbons (Fsp3) is 0.208. The van der Waals surface area contributed by atoms with Crippen LogP contribution in [0, 0.1) is 12.7 Å². The number of aryl methyl sites for hydroxylation is 1. The van der Waals surface area contributed by atoms with Gasteiger partial charge < -0.3 is 15.2 Å². The predicted molar refractivity (Wildman–Crippen MR) is 116 cm³/mol. The van der Waals surface area contributed by atoms with Gasteiger partial charge in [-0.1, -0.05) is 30.3 Å². The Labute approximate surface area is 169 Å². The third-order valence-corrected chi connectivity index (χ3v) is 5.84. The lowest BCUT2D eigenvalue weighted by atomic mass is 9.93. The molecule has 2 aromatic rings. The number of hydrogen-bond donors (Lipinski definition) is 2. The summed E-state index contributed by atoms with van der Waals surface area (Å²) in [5, 5.41) is 3.33. The second-order valence-electron chi connectivity index (χ2n) is 7.66. The van der Waals surface area contributed by atoms with Gasteiger partial charge in [-0.05, 0) is 67.3 Å². The van der Waals surface area contributed by atoms with E-state index < -0.39 is 0 Å². The average Bonchev–Trinajstić information content (AvgIpc) is 3.19. The first-order valence-corrected chi connectivity index (χ1v) is 9.96. The maximum atomic E-state index is 13.5. The molecule has 0 bridgehead atoms. The van der Waals surface area contributed by atoms with Crippen LogP contribution in [0.2, 0.25) is 0 Å². The molecule has 2 heterocycles. The van der Waals surface area contributed by atoms with E-state index in [2.05, 4.69) is 58.5 Å². The Hall–Kier alpha value is -3.34. The standard InChI is InChI=1S/C24H23FN4/c1-15-14-18(25)10-11-21(15)26-24-27-22-9-5-8-20(22)23(28-24)29-13-12-17-6-3-4-7-19(17)16(29)2/h3-11,14,16H,12-13H2,1-2H3,(H2,26,27,28). The summed E-state index contributed by atoms with van der Waals surface area (Å²) < 4.78 is 13.5. The number of aromatic nitrogens is 2. The zero-order valence-corrected chi connectivity index (χ0v) is 16.5. The molecule has 2 aliphatic heterocycles. The van der Waals surface area contributed by atoms with Crippen molar-refractivity contribution in [2.75, 3.05) is 16.8 Å². The van der Waals surface area contributed by atoms with Gasteiger partial charge in [0.15, 0.2) is 0 Å². The first-order valence-electron chi connectivity index (χ1n) is 9.96. The van der Waals surface area contributed by atoms with Gasteiger partial charge in [0, 0.05) is 17.8 Å². The molecule has 0 aromatic heterocycles. The van der Waals surface area contributed by atoms with Gasteiger partial charge >= 0.3 is 0 Å². The molecule has 0 spiro atoms. The molecule has 1 aliphatic carbocycles. The number of aromatic amines is 1. The molecule has 1 unspecified atom stereocenters. The van der Waals surface area contributed by atoms with E-state index in [9.17, 15) is 4.39 Å². The van der Waals surface area contributed by atoms with E-state index in [4.69, 9.17) is 4.98 Å². The molecule has 3 aliphatic rings. The number of rotatable bonds is 3. The fourth-order valence-electron chi connectivity index (χ4n) is 4.28. The molecule has 0 fully saturated rings. The Kier molecular flexibility index (Phi) is 4.23. The minimum atomic E-state index is -0.238. The van der Waals surface area contributed by atoms with Gasteiger partial charge in [-0.2, -0.15) is 4.98 Å². The Morgan fingerprint density at radius 3 is 2.83 bits per heavy atom. The Morgan fingerprint density at radius 1 is 1.10 bits per heavy atom. The molecule has 0 saturated carbocycles. The zero-order chi connectivity index (χ0) is 20.0. The number of nitrogens with one attached hydrogen (secondary N) is 2. The predicted octanol–water partition coefficient (Wildman–Crippen LogP) is 5.83. The first kappa shape index (κ1) is 17.7.